The van der Waals surface area contributed by atoms with Gasteiger partial charge in [-0.25, -0.2) is 0 Å². The van der Waals surface area contributed by atoms with E-state index in [-0.39, 0.29) is 0 Å². The van der Waals surface area contributed by atoms with Crippen molar-refractivity contribution in [2.75, 3.05) is 0 Å². The van der Waals surface area contributed by atoms with Crippen molar-refractivity contribution in [3.63, 3.8) is 0 Å². The van der Waals surface area contributed by atoms with E-state index in [4.69, 9.17) is 4.74 Å². The molecule has 0 aromatic heterocycles. The molecule has 3 aliphatic carbocycles. The van der Waals surface area contributed by atoms with Crippen molar-refractivity contribution in [3.05, 3.63) is 12.7 Å². The molecule has 1 heteroatoms. The normalized spacial score (nSPS) is 49.0. The van der Waals surface area contributed by atoms with Crippen molar-refractivity contribution in [2.45, 2.75) is 82.8 Å². The molecule has 21 heavy (non-hydrogen) atoms. The van der Waals surface area contributed by atoms with E-state index >= 15 is 0 Å². The van der Waals surface area contributed by atoms with E-state index in [1.165, 1.54) is 64.2 Å². The number of hydrogen-bond acceptors (Lipinski definition) is 1. The molecule has 1 saturated heterocycles. The van der Waals surface area contributed by atoms with Crippen LogP contribution in [0.5, 0.6) is 0 Å². The number of fused-ring (bicyclic) bond motifs is 2. The summed E-state index contributed by atoms with van der Waals surface area (Å²) >= 11 is 0. The van der Waals surface area contributed by atoms with Crippen molar-refractivity contribution in [1.82, 2.24) is 0 Å². The summed E-state index contributed by atoms with van der Waals surface area (Å²) < 4.78 is 5.75. The van der Waals surface area contributed by atoms with Crippen LogP contribution in [0.25, 0.3) is 0 Å². The molecule has 1 nitrogen and oxygen atoms in total. The quantitative estimate of drug-likeness (QED) is 0.501. The van der Waals surface area contributed by atoms with E-state index in [0.717, 1.165) is 29.6 Å². The molecule has 0 amide bonds. The summed E-state index contributed by atoms with van der Waals surface area (Å²) in [6, 6.07) is 0. The van der Waals surface area contributed by atoms with E-state index in [0.29, 0.717) is 12.2 Å². The van der Waals surface area contributed by atoms with Gasteiger partial charge in [0.25, 0.3) is 0 Å². The van der Waals surface area contributed by atoms with Gasteiger partial charge in [-0.2, -0.15) is 0 Å². The first-order valence-electron chi connectivity index (χ1n) is 9.60. The first-order valence-corrected chi connectivity index (χ1v) is 9.60. The molecule has 118 valence electrons. The number of allylic oxidation sites excluding steroid dienone is 1. The lowest BCUT2D eigenvalue weighted by molar-refractivity contribution is 0.0658. The van der Waals surface area contributed by atoms with Gasteiger partial charge in [0.1, 0.15) is 0 Å². The lowest BCUT2D eigenvalue weighted by atomic mass is 9.61. The lowest BCUT2D eigenvalue weighted by Crippen LogP contribution is -2.34. The minimum Gasteiger partial charge on any atom is -0.370 e. The third-order valence-corrected chi connectivity index (χ3v) is 7.25. The van der Waals surface area contributed by atoms with Crippen LogP contribution in [0.3, 0.4) is 0 Å². The average molecular weight is 288 g/mol. The standard InChI is InChI=1S/C20H32O/c1-2-3-4-14-5-6-16-12-17(8-7-15(16)11-14)18-9-10-19-20(13-18)21-19/h2,14-20H,1,3-13H2. The second kappa shape index (κ2) is 6.07. The highest BCUT2D eigenvalue weighted by atomic mass is 16.6. The van der Waals surface area contributed by atoms with Gasteiger partial charge in [0.15, 0.2) is 0 Å². The van der Waals surface area contributed by atoms with Gasteiger partial charge in [-0.15, -0.1) is 6.58 Å². The van der Waals surface area contributed by atoms with Crippen LogP contribution in [-0.4, -0.2) is 12.2 Å². The van der Waals surface area contributed by atoms with E-state index in [1.807, 2.05) is 0 Å². The van der Waals surface area contributed by atoms with Crippen LogP contribution >= 0.6 is 0 Å². The maximum atomic E-state index is 5.75. The molecule has 0 radical (unpaired) electrons. The van der Waals surface area contributed by atoms with Gasteiger partial charge in [0, 0.05) is 0 Å². The predicted molar refractivity (Wildman–Crippen MR) is 87.1 cm³/mol. The van der Waals surface area contributed by atoms with Gasteiger partial charge in [0.05, 0.1) is 12.2 Å². The fourth-order valence-electron chi connectivity index (χ4n) is 5.93. The summed E-state index contributed by atoms with van der Waals surface area (Å²) in [7, 11) is 0. The van der Waals surface area contributed by atoms with Crippen LogP contribution in [0.2, 0.25) is 0 Å². The Bertz CT molecular complexity index is 376. The van der Waals surface area contributed by atoms with Crippen molar-refractivity contribution in [1.29, 1.82) is 0 Å². The monoisotopic (exact) mass is 288 g/mol. The fraction of sp³-hybridized carbons (Fsp3) is 0.900. The minimum absolute atomic E-state index is 0.677. The molecule has 0 bridgehead atoms. The Hall–Kier alpha value is -0.300. The zero-order valence-electron chi connectivity index (χ0n) is 13.5. The van der Waals surface area contributed by atoms with Crippen LogP contribution in [-0.2, 0) is 4.74 Å². The molecule has 7 atom stereocenters. The van der Waals surface area contributed by atoms with E-state index in [2.05, 4.69) is 12.7 Å². The molecule has 1 heterocycles. The summed E-state index contributed by atoms with van der Waals surface area (Å²) in [5.74, 6) is 5.20. The molecule has 4 rings (SSSR count). The topological polar surface area (TPSA) is 12.5 Å². The van der Waals surface area contributed by atoms with Crippen molar-refractivity contribution in [2.24, 2.45) is 29.6 Å². The molecule has 3 saturated carbocycles. The first-order chi connectivity index (χ1) is 10.3. The highest BCUT2D eigenvalue weighted by Crippen LogP contribution is 2.51. The SMILES string of the molecule is C=CCCC1CCC2CC(C3CCC4OC4C3)CCC2C1. The van der Waals surface area contributed by atoms with Gasteiger partial charge in [-0.1, -0.05) is 12.5 Å². The molecule has 0 aromatic rings. The Morgan fingerprint density at radius 1 is 0.762 bits per heavy atom. The second-order valence-electron chi connectivity index (χ2n) is 8.42. The largest absolute Gasteiger partial charge is 0.370 e. The van der Waals surface area contributed by atoms with E-state index in [9.17, 15) is 0 Å². The van der Waals surface area contributed by atoms with Crippen LogP contribution in [0.4, 0.5) is 0 Å². The summed E-state index contributed by atoms with van der Waals surface area (Å²) in [6.45, 7) is 3.89. The highest BCUT2D eigenvalue weighted by molar-refractivity contribution is 4.96. The molecule has 1 aliphatic heterocycles. The Morgan fingerprint density at radius 3 is 2.19 bits per heavy atom. The Labute approximate surface area is 130 Å². The maximum Gasteiger partial charge on any atom is 0.0844 e. The van der Waals surface area contributed by atoms with Crippen LogP contribution in [0.1, 0.15) is 70.6 Å². The Balaban J connectivity index is 1.29. The van der Waals surface area contributed by atoms with Gasteiger partial charge in [-0.3, -0.25) is 0 Å². The molecule has 4 fully saturated rings. The van der Waals surface area contributed by atoms with E-state index < -0.39 is 0 Å². The van der Waals surface area contributed by atoms with Crippen LogP contribution < -0.4 is 0 Å². The van der Waals surface area contributed by atoms with Gasteiger partial charge in [-0.05, 0) is 93.8 Å². The summed E-state index contributed by atoms with van der Waals surface area (Å²) in [4.78, 5) is 0. The number of ether oxygens (including phenoxy) is 1. The average Bonchev–Trinajstić information content (AvgIpc) is 3.30. The molecular formula is C20H32O. The van der Waals surface area contributed by atoms with Crippen LogP contribution in [0.15, 0.2) is 12.7 Å². The molecular weight excluding hydrogens is 256 g/mol. The van der Waals surface area contributed by atoms with Crippen molar-refractivity contribution >= 4 is 0 Å². The Kier molecular flexibility index (Phi) is 4.13. The number of epoxide rings is 1. The summed E-state index contributed by atoms with van der Waals surface area (Å²) in [5, 5.41) is 0. The predicted octanol–water partition coefficient (Wildman–Crippen LogP) is 5.35. The lowest BCUT2D eigenvalue weighted by Gasteiger charge is -2.44. The molecule has 7 unspecified atom stereocenters. The van der Waals surface area contributed by atoms with Crippen molar-refractivity contribution in [3.8, 4) is 0 Å². The smallest absolute Gasteiger partial charge is 0.0844 e. The molecule has 0 aromatic carbocycles. The zero-order chi connectivity index (χ0) is 14.2. The molecule has 0 spiro atoms. The summed E-state index contributed by atoms with van der Waals surface area (Å²) in [6.07, 6.45) is 19.5. The van der Waals surface area contributed by atoms with Crippen LogP contribution in [0, 0.1) is 29.6 Å². The molecule has 0 N–H and O–H groups in total. The Morgan fingerprint density at radius 2 is 1.43 bits per heavy atom. The fourth-order valence-corrected chi connectivity index (χ4v) is 5.93. The zero-order valence-corrected chi connectivity index (χ0v) is 13.5. The van der Waals surface area contributed by atoms with Crippen molar-refractivity contribution < 1.29 is 4.74 Å². The second-order valence-corrected chi connectivity index (χ2v) is 8.42. The third-order valence-electron chi connectivity index (χ3n) is 7.25. The first kappa shape index (κ1) is 14.3. The number of rotatable bonds is 4. The highest BCUT2D eigenvalue weighted by Gasteiger charge is 2.47. The molecule has 4 aliphatic rings. The van der Waals surface area contributed by atoms with E-state index in [1.54, 1.807) is 6.42 Å². The van der Waals surface area contributed by atoms with Gasteiger partial charge < -0.3 is 4.74 Å². The number of hydrogen-bond donors (Lipinski definition) is 0. The maximum absolute atomic E-state index is 5.75. The van der Waals surface area contributed by atoms with Gasteiger partial charge >= 0.3 is 0 Å². The third kappa shape index (κ3) is 3.09. The minimum atomic E-state index is 0.677. The van der Waals surface area contributed by atoms with Gasteiger partial charge in [0.2, 0.25) is 0 Å². The summed E-state index contributed by atoms with van der Waals surface area (Å²) in [5.41, 5.74) is 0.